The Morgan fingerprint density at radius 1 is 0.842 bits per heavy atom. The lowest BCUT2D eigenvalue weighted by Crippen LogP contribution is -2.04. The molecule has 0 aromatic carbocycles. The van der Waals surface area contributed by atoms with Crippen molar-refractivity contribution in [3.05, 3.63) is 11.6 Å². The van der Waals surface area contributed by atoms with Crippen LogP contribution in [0.1, 0.15) is 92.9 Å². The Morgan fingerprint density at radius 2 is 1.47 bits per heavy atom. The highest BCUT2D eigenvalue weighted by Gasteiger charge is 2.09. The summed E-state index contributed by atoms with van der Waals surface area (Å²) in [6.45, 7) is 14.0. The monoisotopic (exact) mass is 266 g/mol. The molecule has 0 heteroatoms. The van der Waals surface area contributed by atoms with E-state index in [0.29, 0.717) is 0 Å². The largest absolute Gasteiger partial charge is 0.0887 e. The number of hydrogen-bond donors (Lipinski definition) is 0. The SMILES string of the molecule is CC=C(C)CCCCCC(C)CC(C)CCC(C)C. The van der Waals surface area contributed by atoms with E-state index in [1.807, 2.05) is 0 Å². The minimum atomic E-state index is 0.868. The predicted octanol–water partition coefficient (Wildman–Crippen LogP) is 7.00. The van der Waals surface area contributed by atoms with Crippen LogP contribution in [0.5, 0.6) is 0 Å². The topological polar surface area (TPSA) is 0 Å². The second kappa shape index (κ2) is 11.6. The average Bonchev–Trinajstić information content (AvgIpc) is 2.35. The summed E-state index contributed by atoms with van der Waals surface area (Å²) in [7, 11) is 0. The Labute approximate surface area is 123 Å². The van der Waals surface area contributed by atoms with E-state index in [2.05, 4.69) is 47.6 Å². The first kappa shape index (κ1) is 18.7. The smallest absolute Gasteiger partial charge is 0.0323 e. The molecule has 0 spiro atoms. The molecule has 0 fully saturated rings. The van der Waals surface area contributed by atoms with E-state index in [9.17, 15) is 0 Å². The van der Waals surface area contributed by atoms with Crippen molar-refractivity contribution in [2.45, 2.75) is 92.9 Å². The summed E-state index contributed by atoms with van der Waals surface area (Å²) < 4.78 is 0. The lowest BCUT2D eigenvalue weighted by molar-refractivity contribution is 0.347. The third kappa shape index (κ3) is 12.5. The first-order valence-corrected chi connectivity index (χ1v) is 8.57. The zero-order valence-corrected chi connectivity index (χ0v) is 14.5. The van der Waals surface area contributed by atoms with Crippen molar-refractivity contribution in [1.29, 1.82) is 0 Å². The highest BCUT2D eigenvalue weighted by molar-refractivity contribution is 4.94. The van der Waals surface area contributed by atoms with Gasteiger partial charge in [0.2, 0.25) is 0 Å². The zero-order valence-electron chi connectivity index (χ0n) is 14.5. The van der Waals surface area contributed by atoms with Crippen LogP contribution in [0.25, 0.3) is 0 Å². The lowest BCUT2D eigenvalue weighted by Gasteiger charge is -2.18. The molecule has 0 rings (SSSR count). The molecule has 0 amide bonds. The average molecular weight is 267 g/mol. The van der Waals surface area contributed by atoms with Gasteiger partial charge in [0.15, 0.2) is 0 Å². The minimum Gasteiger partial charge on any atom is -0.0887 e. The van der Waals surface area contributed by atoms with Crippen LogP contribution in [0.15, 0.2) is 11.6 Å². The van der Waals surface area contributed by atoms with Crippen LogP contribution >= 0.6 is 0 Å². The Hall–Kier alpha value is -0.260. The van der Waals surface area contributed by atoms with Crippen LogP contribution in [0.3, 0.4) is 0 Å². The van der Waals surface area contributed by atoms with E-state index < -0.39 is 0 Å². The molecule has 2 atom stereocenters. The molecule has 19 heavy (non-hydrogen) atoms. The summed E-state index contributed by atoms with van der Waals surface area (Å²) in [4.78, 5) is 0. The highest BCUT2D eigenvalue weighted by Crippen LogP contribution is 2.23. The summed E-state index contributed by atoms with van der Waals surface area (Å²) in [5.74, 6) is 2.71. The van der Waals surface area contributed by atoms with Crippen LogP contribution in [-0.2, 0) is 0 Å². The van der Waals surface area contributed by atoms with Crippen molar-refractivity contribution in [3.63, 3.8) is 0 Å². The summed E-state index contributed by atoms with van der Waals surface area (Å²) >= 11 is 0. The van der Waals surface area contributed by atoms with Crippen LogP contribution in [0.4, 0.5) is 0 Å². The van der Waals surface area contributed by atoms with Gasteiger partial charge in [-0.25, -0.2) is 0 Å². The molecule has 0 aromatic rings. The Kier molecular flexibility index (Phi) is 11.4. The zero-order chi connectivity index (χ0) is 14.7. The molecule has 0 bridgehead atoms. The van der Waals surface area contributed by atoms with Crippen LogP contribution < -0.4 is 0 Å². The summed E-state index contributed by atoms with van der Waals surface area (Å²) in [6.07, 6.45) is 13.5. The maximum Gasteiger partial charge on any atom is -0.0323 e. The molecule has 0 aromatic heterocycles. The fourth-order valence-corrected chi connectivity index (χ4v) is 2.76. The van der Waals surface area contributed by atoms with Gasteiger partial charge in [-0.15, -0.1) is 0 Å². The molecule has 2 unspecified atom stereocenters. The van der Waals surface area contributed by atoms with Gasteiger partial charge in [-0.05, 0) is 50.9 Å². The van der Waals surface area contributed by atoms with Crippen LogP contribution in [0.2, 0.25) is 0 Å². The Morgan fingerprint density at radius 3 is 2.05 bits per heavy atom. The molecule has 0 aliphatic rings. The predicted molar refractivity (Wildman–Crippen MR) is 89.5 cm³/mol. The summed E-state index contributed by atoms with van der Waals surface area (Å²) in [5.41, 5.74) is 1.55. The maximum absolute atomic E-state index is 2.45. The third-order valence-electron chi connectivity index (χ3n) is 4.30. The maximum atomic E-state index is 2.45. The molecule has 0 radical (unpaired) electrons. The Bertz CT molecular complexity index is 224. The molecule has 0 heterocycles. The standard InChI is InChI=1S/C19H38/c1-7-17(4)11-9-8-10-12-18(5)15-19(6)14-13-16(2)3/h7,16,18-19H,8-15H2,1-6H3. The summed E-state index contributed by atoms with van der Waals surface area (Å²) in [5, 5.41) is 0. The molecule has 0 saturated heterocycles. The third-order valence-corrected chi connectivity index (χ3v) is 4.30. The van der Waals surface area contributed by atoms with Gasteiger partial charge in [-0.3, -0.25) is 0 Å². The lowest BCUT2D eigenvalue weighted by atomic mass is 9.88. The molecule has 0 saturated carbocycles. The van der Waals surface area contributed by atoms with E-state index in [1.54, 1.807) is 5.57 Å². The molecular weight excluding hydrogens is 228 g/mol. The van der Waals surface area contributed by atoms with Crippen LogP contribution in [-0.4, -0.2) is 0 Å². The van der Waals surface area contributed by atoms with Crippen molar-refractivity contribution in [1.82, 2.24) is 0 Å². The number of unbranched alkanes of at least 4 members (excludes halogenated alkanes) is 2. The first-order chi connectivity index (χ1) is 8.95. The van der Waals surface area contributed by atoms with Gasteiger partial charge in [0, 0.05) is 0 Å². The first-order valence-electron chi connectivity index (χ1n) is 8.57. The van der Waals surface area contributed by atoms with Gasteiger partial charge in [0.05, 0.1) is 0 Å². The Balaban J connectivity index is 3.50. The normalized spacial score (nSPS) is 15.8. The van der Waals surface area contributed by atoms with E-state index in [0.717, 1.165) is 17.8 Å². The minimum absolute atomic E-state index is 0.868. The number of allylic oxidation sites excluding steroid dienone is 2. The van der Waals surface area contributed by atoms with Crippen molar-refractivity contribution in [2.24, 2.45) is 17.8 Å². The van der Waals surface area contributed by atoms with E-state index in [-0.39, 0.29) is 0 Å². The number of hydrogen-bond acceptors (Lipinski definition) is 0. The fraction of sp³-hybridized carbons (Fsp3) is 0.895. The molecule has 0 nitrogen and oxygen atoms in total. The van der Waals surface area contributed by atoms with Gasteiger partial charge in [0.1, 0.15) is 0 Å². The molecular formula is C19H38. The summed E-state index contributed by atoms with van der Waals surface area (Å²) in [6, 6.07) is 0. The molecule has 0 aliphatic carbocycles. The fourth-order valence-electron chi connectivity index (χ4n) is 2.76. The van der Waals surface area contributed by atoms with Gasteiger partial charge in [0.25, 0.3) is 0 Å². The quantitative estimate of drug-likeness (QED) is 0.279. The highest BCUT2D eigenvalue weighted by atomic mass is 14.1. The second-order valence-electron chi connectivity index (χ2n) is 7.15. The molecule has 0 aliphatic heterocycles. The van der Waals surface area contributed by atoms with Crippen molar-refractivity contribution in [3.8, 4) is 0 Å². The van der Waals surface area contributed by atoms with Gasteiger partial charge in [-0.1, -0.05) is 71.4 Å². The second-order valence-corrected chi connectivity index (χ2v) is 7.15. The number of rotatable bonds is 11. The van der Waals surface area contributed by atoms with E-state index >= 15 is 0 Å². The van der Waals surface area contributed by atoms with Crippen molar-refractivity contribution >= 4 is 0 Å². The van der Waals surface area contributed by atoms with Gasteiger partial charge >= 0.3 is 0 Å². The van der Waals surface area contributed by atoms with E-state index in [4.69, 9.17) is 0 Å². The molecule has 114 valence electrons. The molecule has 0 N–H and O–H groups in total. The van der Waals surface area contributed by atoms with Crippen LogP contribution in [0, 0.1) is 17.8 Å². The van der Waals surface area contributed by atoms with E-state index in [1.165, 1.54) is 51.4 Å². The van der Waals surface area contributed by atoms with Gasteiger partial charge in [-0.2, -0.15) is 0 Å². The van der Waals surface area contributed by atoms with Crippen molar-refractivity contribution in [2.75, 3.05) is 0 Å². The van der Waals surface area contributed by atoms with Gasteiger partial charge < -0.3 is 0 Å². The van der Waals surface area contributed by atoms with Crippen molar-refractivity contribution < 1.29 is 0 Å².